The van der Waals surface area contributed by atoms with Crippen LogP contribution in [0, 0.1) is 5.92 Å². The summed E-state index contributed by atoms with van der Waals surface area (Å²) in [6.45, 7) is 5.09. The van der Waals surface area contributed by atoms with Crippen LogP contribution in [0.5, 0.6) is 0 Å². The van der Waals surface area contributed by atoms with E-state index in [9.17, 15) is 4.79 Å². The van der Waals surface area contributed by atoms with Crippen LogP contribution in [0.3, 0.4) is 0 Å². The number of anilines is 1. The maximum Gasteiger partial charge on any atom is 0.240 e. The molecule has 0 saturated heterocycles. The Morgan fingerprint density at radius 1 is 1.35 bits per heavy atom. The van der Waals surface area contributed by atoms with Crippen molar-refractivity contribution in [1.82, 2.24) is 14.9 Å². The van der Waals surface area contributed by atoms with E-state index in [1.807, 2.05) is 28.8 Å². The summed E-state index contributed by atoms with van der Waals surface area (Å²) in [5, 5.41) is 2.90. The summed E-state index contributed by atoms with van der Waals surface area (Å²) in [5.74, 6) is 1.20. The molecule has 5 heteroatoms. The highest BCUT2D eigenvalue weighted by molar-refractivity contribution is 5.76. The van der Waals surface area contributed by atoms with Crippen molar-refractivity contribution in [2.75, 3.05) is 12.3 Å². The van der Waals surface area contributed by atoms with E-state index in [4.69, 9.17) is 5.73 Å². The number of hydrogen-bond donors (Lipinski definition) is 2. The van der Waals surface area contributed by atoms with Crippen LogP contribution in [-0.2, 0) is 11.3 Å². The van der Waals surface area contributed by atoms with E-state index in [0.29, 0.717) is 18.2 Å². The van der Waals surface area contributed by atoms with Crippen LogP contribution in [0.25, 0.3) is 11.4 Å². The first-order valence-corrected chi connectivity index (χ1v) is 6.70. The lowest BCUT2D eigenvalue weighted by Gasteiger charge is -2.10. The Kier molecular flexibility index (Phi) is 4.40. The number of nitrogen functional groups attached to an aromatic ring is 1. The summed E-state index contributed by atoms with van der Waals surface area (Å²) in [4.78, 5) is 16.2. The number of nitrogens with two attached hydrogens (primary N) is 1. The minimum absolute atomic E-state index is 0.00612. The second-order valence-electron chi connectivity index (χ2n) is 5.20. The lowest BCUT2D eigenvalue weighted by Crippen LogP contribution is -2.30. The van der Waals surface area contributed by atoms with Crippen molar-refractivity contribution in [3.05, 3.63) is 36.7 Å². The summed E-state index contributed by atoms with van der Waals surface area (Å²) in [5.41, 5.74) is 7.33. The normalized spacial score (nSPS) is 10.8. The molecule has 0 fully saturated rings. The van der Waals surface area contributed by atoms with E-state index in [2.05, 4.69) is 24.1 Å². The van der Waals surface area contributed by atoms with Crippen LogP contribution in [0.1, 0.15) is 13.8 Å². The van der Waals surface area contributed by atoms with Crippen LogP contribution in [0.4, 0.5) is 5.69 Å². The molecule has 5 nitrogen and oxygen atoms in total. The predicted molar refractivity (Wildman–Crippen MR) is 79.9 cm³/mol. The van der Waals surface area contributed by atoms with Gasteiger partial charge >= 0.3 is 0 Å². The molecule has 0 spiro atoms. The Bertz CT molecular complexity index is 572. The van der Waals surface area contributed by atoms with Gasteiger partial charge in [-0.25, -0.2) is 4.98 Å². The molecule has 3 N–H and O–H groups in total. The third-order valence-electron chi connectivity index (χ3n) is 2.91. The Labute approximate surface area is 118 Å². The fraction of sp³-hybridized carbons (Fsp3) is 0.333. The first kappa shape index (κ1) is 14.1. The summed E-state index contributed by atoms with van der Waals surface area (Å²) < 4.78 is 1.83. The van der Waals surface area contributed by atoms with Crippen LogP contribution in [0.15, 0.2) is 36.7 Å². The number of imidazole rings is 1. The van der Waals surface area contributed by atoms with Crippen molar-refractivity contribution in [3.63, 3.8) is 0 Å². The Hall–Kier alpha value is -2.30. The van der Waals surface area contributed by atoms with E-state index in [0.717, 1.165) is 11.4 Å². The summed E-state index contributed by atoms with van der Waals surface area (Å²) in [6.07, 6.45) is 3.50. The molecule has 0 aliphatic heterocycles. The molecule has 0 unspecified atom stereocenters. The highest BCUT2D eigenvalue weighted by Gasteiger charge is 2.09. The van der Waals surface area contributed by atoms with E-state index in [-0.39, 0.29) is 12.5 Å². The number of nitrogens with zero attached hydrogens (tertiary/aromatic N) is 2. The molecule has 0 aliphatic rings. The molecule has 0 radical (unpaired) electrons. The fourth-order valence-corrected chi connectivity index (χ4v) is 1.86. The maximum atomic E-state index is 11.9. The van der Waals surface area contributed by atoms with Crippen molar-refractivity contribution >= 4 is 11.6 Å². The molecule has 1 amide bonds. The van der Waals surface area contributed by atoms with Crippen molar-refractivity contribution in [2.24, 2.45) is 5.92 Å². The van der Waals surface area contributed by atoms with E-state index < -0.39 is 0 Å². The van der Waals surface area contributed by atoms with Gasteiger partial charge in [-0.15, -0.1) is 0 Å². The molecule has 1 aromatic carbocycles. The molecular weight excluding hydrogens is 252 g/mol. The molecule has 2 aromatic rings. The Morgan fingerprint density at radius 2 is 2.05 bits per heavy atom. The summed E-state index contributed by atoms with van der Waals surface area (Å²) in [6, 6.07) is 7.46. The highest BCUT2D eigenvalue weighted by atomic mass is 16.1. The van der Waals surface area contributed by atoms with Gasteiger partial charge in [-0.2, -0.15) is 0 Å². The molecule has 1 aromatic heterocycles. The largest absolute Gasteiger partial charge is 0.399 e. The highest BCUT2D eigenvalue weighted by Crippen LogP contribution is 2.18. The minimum Gasteiger partial charge on any atom is -0.399 e. The number of carbonyl (C=O) groups is 1. The lowest BCUT2D eigenvalue weighted by molar-refractivity contribution is -0.121. The number of carbonyl (C=O) groups excluding carboxylic acids is 1. The van der Waals surface area contributed by atoms with Crippen molar-refractivity contribution < 1.29 is 4.79 Å². The van der Waals surface area contributed by atoms with Crippen LogP contribution in [-0.4, -0.2) is 22.0 Å². The maximum absolute atomic E-state index is 11.9. The number of rotatable bonds is 5. The topological polar surface area (TPSA) is 72.9 Å². The Balaban J connectivity index is 2.09. The predicted octanol–water partition coefficient (Wildman–Crippen LogP) is 1.90. The molecule has 20 heavy (non-hydrogen) atoms. The van der Waals surface area contributed by atoms with Crippen LogP contribution >= 0.6 is 0 Å². The van der Waals surface area contributed by atoms with Crippen LogP contribution < -0.4 is 11.1 Å². The summed E-state index contributed by atoms with van der Waals surface area (Å²) in [7, 11) is 0. The molecule has 0 bridgehead atoms. The molecule has 0 atom stereocenters. The van der Waals surface area contributed by atoms with Gasteiger partial charge < -0.3 is 15.6 Å². The molecular formula is C15H20N4O. The van der Waals surface area contributed by atoms with Gasteiger partial charge in [0.15, 0.2) is 0 Å². The third-order valence-corrected chi connectivity index (χ3v) is 2.91. The van der Waals surface area contributed by atoms with E-state index in [1.165, 1.54) is 0 Å². The number of benzene rings is 1. The monoisotopic (exact) mass is 272 g/mol. The number of aromatic nitrogens is 2. The Morgan fingerprint density at radius 3 is 2.70 bits per heavy atom. The second-order valence-corrected chi connectivity index (χ2v) is 5.20. The fourth-order valence-electron chi connectivity index (χ4n) is 1.86. The van der Waals surface area contributed by atoms with Gasteiger partial charge in [0.05, 0.1) is 0 Å². The molecule has 1 heterocycles. The molecule has 0 saturated carbocycles. The zero-order valence-electron chi connectivity index (χ0n) is 11.8. The molecule has 0 aliphatic carbocycles. The average molecular weight is 272 g/mol. The van der Waals surface area contributed by atoms with E-state index >= 15 is 0 Å². The van der Waals surface area contributed by atoms with Crippen molar-refractivity contribution in [2.45, 2.75) is 20.4 Å². The quantitative estimate of drug-likeness (QED) is 0.817. The second kappa shape index (κ2) is 6.23. The smallest absolute Gasteiger partial charge is 0.240 e. The SMILES string of the molecule is CC(C)CNC(=O)Cn1ccnc1-c1ccc(N)cc1. The molecule has 2 rings (SSSR count). The van der Waals surface area contributed by atoms with Gasteiger partial charge in [-0.1, -0.05) is 13.8 Å². The van der Waals surface area contributed by atoms with Crippen molar-refractivity contribution in [1.29, 1.82) is 0 Å². The lowest BCUT2D eigenvalue weighted by atomic mass is 10.2. The standard InChI is InChI=1S/C15H20N4O/c1-11(2)9-18-14(20)10-19-8-7-17-15(19)12-3-5-13(16)6-4-12/h3-8,11H,9-10,16H2,1-2H3,(H,18,20). The van der Waals surface area contributed by atoms with Gasteiger partial charge in [0.25, 0.3) is 0 Å². The van der Waals surface area contributed by atoms with Gasteiger partial charge in [0.1, 0.15) is 12.4 Å². The van der Waals surface area contributed by atoms with E-state index in [1.54, 1.807) is 12.4 Å². The van der Waals surface area contributed by atoms with Crippen molar-refractivity contribution in [3.8, 4) is 11.4 Å². The number of nitrogens with one attached hydrogen (secondary N) is 1. The number of hydrogen-bond acceptors (Lipinski definition) is 3. The zero-order chi connectivity index (χ0) is 14.5. The van der Waals surface area contributed by atoms with Gasteiger partial charge in [-0.05, 0) is 30.2 Å². The first-order valence-electron chi connectivity index (χ1n) is 6.70. The van der Waals surface area contributed by atoms with Gasteiger partial charge in [-0.3, -0.25) is 4.79 Å². The minimum atomic E-state index is -0.00612. The number of amides is 1. The van der Waals surface area contributed by atoms with Crippen LogP contribution in [0.2, 0.25) is 0 Å². The molecule has 106 valence electrons. The third kappa shape index (κ3) is 3.60. The van der Waals surface area contributed by atoms with Gasteiger partial charge in [0, 0.05) is 30.2 Å². The average Bonchev–Trinajstić information content (AvgIpc) is 2.85. The summed E-state index contributed by atoms with van der Waals surface area (Å²) >= 11 is 0. The van der Waals surface area contributed by atoms with Gasteiger partial charge in [0.2, 0.25) is 5.91 Å². The zero-order valence-corrected chi connectivity index (χ0v) is 11.8. The first-order chi connectivity index (χ1) is 9.56.